The maximum atomic E-state index is 7.47. The highest BCUT2D eigenvalue weighted by Gasteiger charge is 2.30. The predicted molar refractivity (Wildman–Crippen MR) is 617 cm³/mol. The zero-order valence-electron chi connectivity index (χ0n) is 80.9. The molecule has 0 bridgehead atoms. The molecule has 0 amide bonds. The highest BCUT2D eigenvalue weighted by atomic mass is 16.3. The Hall–Kier alpha value is -20.3. The molecule has 700 valence electrons. The number of benzene rings is 22. The van der Waals surface area contributed by atoms with E-state index < -0.39 is 0 Å². The lowest BCUT2D eigenvalue weighted by Gasteiger charge is -2.15. The van der Waals surface area contributed by atoms with Crippen LogP contribution in [0, 0.1) is 0 Å². The third-order valence-electron chi connectivity index (χ3n) is 29.6. The molecule has 8 aromatic heterocycles. The average molecular weight is 1920 g/mol. The molecule has 30 aromatic rings. The minimum absolute atomic E-state index is 0.561. The van der Waals surface area contributed by atoms with Gasteiger partial charge in [-0.2, -0.15) is 0 Å². The van der Waals surface area contributed by atoms with Gasteiger partial charge in [0.1, 0.15) is 0 Å². The van der Waals surface area contributed by atoms with Gasteiger partial charge >= 0.3 is 0 Å². The van der Waals surface area contributed by atoms with Gasteiger partial charge in [-0.1, -0.05) is 406 Å². The zero-order valence-corrected chi connectivity index (χ0v) is 80.9. The number of nitrogens with zero attached hydrogens (tertiary/aromatic N) is 10. The van der Waals surface area contributed by atoms with Gasteiger partial charge in [0.05, 0.1) is 55.5 Å². The summed E-state index contributed by atoms with van der Waals surface area (Å²) in [7, 11) is 0. The second-order valence-electron chi connectivity index (χ2n) is 38.2. The van der Waals surface area contributed by atoms with Gasteiger partial charge in [-0.3, -0.25) is 0 Å². The lowest BCUT2D eigenvalue weighted by atomic mass is 9.99. The maximum absolute atomic E-state index is 7.47. The van der Waals surface area contributed by atoms with E-state index in [-0.39, 0.29) is 0 Å². The van der Waals surface area contributed by atoms with Gasteiger partial charge in [-0.05, 0) is 182 Å². The lowest BCUT2D eigenvalue weighted by Crippen LogP contribution is -2.04. The molecule has 0 N–H and O–H groups in total. The lowest BCUT2D eigenvalue weighted by molar-refractivity contribution is 0.673. The van der Waals surface area contributed by atoms with Gasteiger partial charge in [0, 0.05) is 109 Å². The summed E-state index contributed by atoms with van der Waals surface area (Å²) in [6, 6.07) is 184. The van der Waals surface area contributed by atoms with Gasteiger partial charge in [0.15, 0.2) is 57.3 Å². The van der Waals surface area contributed by atoms with Crippen molar-refractivity contribution in [1.82, 2.24) is 48.2 Å². The largest absolute Gasteiger partial charge is 0.452 e. The molecule has 0 spiro atoms. The Labute approximate surface area is 861 Å². The van der Waals surface area contributed by atoms with E-state index >= 15 is 0 Å². The summed E-state index contributed by atoms with van der Waals surface area (Å²) in [6.07, 6.45) is 0. The summed E-state index contributed by atoms with van der Waals surface area (Å²) < 4.78 is 24.4. The number of hydrogen-bond acceptors (Lipinski definition) is 8. The van der Waals surface area contributed by atoms with Crippen LogP contribution in [0.2, 0.25) is 0 Å². The van der Waals surface area contributed by atoms with Crippen LogP contribution < -0.4 is 0 Å². The van der Waals surface area contributed by atoms with Crippen LogP contribution in [0.1, 0.15) is 0 Å². The first kappa shape index (κ1) is 86.3. The molecule has 8 heterocycles. The number of furan rings is 2. The van der Waals surface area contributed by atoms with Crippen molar-refractivity contribution in [3.63, 3.8) is 0 Å². The van der Waals surface area contributed by atoms with Crippen molar-refractivity contribution in [2.24, 2.45) is 0 Å². The number of rotatable bonds is 16. The van der Waals surface area contributed by atoms with Crippen molar-refractivity contribution in [2.45, 2.75) is 0 Å². The molecule has 0 saturated heterocycles. The molecular weight excluding hydrogens is 1830 g/mol. The third-order valence-corrected chi connectivity index (χ3v) is 29.6. The SMILES string of the molecule is c1ccc(-c2ccc(-n3c4ccccc4c4ccc5c6ccc7c8ccccc8n(-c8ccccc8-c8nc(-c9cccc(-c%10ccccc%10)c9)nc(-c9cccc(-c%10ccccc%10)c9)n8)c7c6oc5c43)cc2)cc1.c1ccc(-c2ccc(-n3c4ccccc4c4ccc5c6ccc7c8ccccc8n(-c8ccccc8-c8nc(-c9cccc(-c%10ccccc%10)c9)nc(-c9ccccc9-c9ccccc9)n8)c7c6oc5c43)cc2)cc1. The fourth-order valence-corrected chi connectivity index (χ4v) is 22.6. The number of hydrogen-bond donors (Lipinski definition) is 0. The van der Waals surface area contributed by atoms with E-state index in [1.54, 1.807) is 0 Å². The Balaban J connectivity index is 0.000000141. The summed E-state index contributed by atoms with van der Waals surface area (Å²) in [6.45, 7) is 0. The Morgan fingerprint density at radius 2 is 0.353 bits per heavy atom. The van der Waals surface area contributed by atoms with Crippen molar-refractivity contribution in [3.05, 3.63) is 522 Å². The first-order chi connectivity index (χ1) is 74.4. The van der Waals surface area contributed by atoms with E-state index in [0.29, 0.717) is 34.9 Å². The van der Waals surface area contributed by atoms with E-state index in [0.717, 1.165) is 221 Å². The molecule has 12 nitrogen and oxygen atoms in total. The van der Waals surface area contributed by atoms with Crippen LogP contribution in [-0.4, -0.2) is 48.2 Å². The third kappa shape index (κ3) is 14.6. The molecular formula is C138H86N10O2. The maximum Gasteiger partial charge on any atom is 0.166 e. The van der Waals surface area contributed by atoms with Crippen molar-refractivity contribution < 1.29 is 8.83 Å². The molecule has 30 rings (SSSR count). The van der Waals surface area contributed by atoms with E-state index in [2.05, 4.69) is 516 Å². The van der Waals surface area contributed by atoms with E-state index in [4.69, 9.17) is 38.7 Å². The number of para-hydroxylation sites is 6. The number of fused-ring (bicyclic) bond motifs is 22. The van der Waals surface area contributed by atoms with Crippen molar-refractivity contribution in [2.75, 3.05) is 0 Å². The van der Waals surface area contributed by atoms with Crippen molar-refractivity contribution in [1.29, 1.82) is 0 Å². The van der Waals surface area contributed by atoms with Crippen LogP contribution in [0.3, 0.4) is 0 Å². The second-order valence-corrected chi connectivity index (χ2v) is 38.2. The van der Waals surface area contributed by atoms with Gasteiger partial charge in [-0.15, -0.1) is 0 Å². The summed E-state index contributed by atoms with van der Waals surface area (Å²) in [5.74, 6) is 3.47. The smallest absolute Gasteiger partial charge is 0.166 e. The van der Waals surface area contributed by atoms with Crippen LogP contribution in [-0.2, 0) is 0 Å². The van der Waals surface area contributed by atoms with E-state index in [1.807, 2.05) is 24.3 Å². The van der Waals surface area contributed by atoms with E-state index in [1.165, 1.54) is 33.0 Å². The van der Waals surface area contributed by atoms with Gasteiger partial charge in [0.25, 0.3) is 0 Å². The summed E-state index contributed by atoms with van der Waals surface area (Å²) in [4.78, 5) is 32.2. The highest BCUT2D eigenvalue weighted by molar-refractivity contribution is 6.29. The molecule has 150 heavy (non-hydrogen) atoms. The monoisotopic (exact) mass is 1910 g/mol. The highest BCUT2D eigenvalue weighted by Crippen LogP contribution is 2.50. The Kier molecular flexibility index (Phi) is 20.7. The molecule has 12 heteroatoms. The van der Waals surface area contributed by atoms with Crippen LogP contribution >= 0.6 is 0 Å². The standard InChI is InChI=1S/2C69H43N5O/c1-4-18-44(19-5-1)47-34-36-52(37-35-47)73-60-31-13-10-28-53(60)55-38-40-57-58-41-39-56-54-29-11-14-32-61(54)74(64(56)66(58)75-65(57)63(55)73)62-33-15-12-30-59(62)69-71-67(50-26-16-24-48(42-50)45-20-6-2-7-21-45)70-68(72-69)51-27-17-25-49(43-51)46-22-8-3-9-23-46;1-4-19-44(20-5-1)46-35-37-50(38-36-46)73-60-32-15-12-28-52(60)54-39-41-56-57-42-40-55-53-29-13-16-33-61(53)74(64(55)66(57)75-65(56)63(54)73)62-34-17-14-31-59(62)69-71-67(49-26-18-25-48(43-49)45-21-6-2-7-22-45)70-68(72-69)58-30-11-10-27-51(58)47-23-8-3-9-24-47/h2*1-43H. The topological polar surface area (TPSA) is 123 Å². The number of aromatic nitrogens is 10. The normalized spacial score (nSPS) is 11.7. The van der Waals surface area contributed by atoms with Gasteiger partial charge in [-0.25, -0.2) is 29.9 Å². The fourth-order valence-electron chi connectivity index (χ4n) is 22.6. The molecule has 0 radical (unpaired) electrons. The molecule has 0 saturated carbocycles. The molecule has 0 aliphatic rings. The van der Waals surface area contributed by atoms with Gasteiger partial charge in [0.2, 0.25) is 0 Å². The summed E-state index contributed by atoms with van der Waals surface area (Å²) >= 11 is 0. The first-order valence-corrected chi connectivity index (χ1v) is 50.7. The Morgan fingerprint density at radius 1 is 0.133 bits per heavy atom. The van der Waals surface area contributed by atoms with Crippen LogP contribution in [0.5, 0.6) is 0 Å². The second kappa shape index (κ2) is 35.9. The molecule has 0 atom stereocenters. The quantitative estimate of drug-likeness (QED) is 0.0937. The zero-order chi connectivity index (χ0) is 98.8. The van der Waals surface area contributed by atoms with Crippen molar-refractivity contribution >= 4 is 131 Å². The average Bonchev–Trinajstić information content (AvgIpc) is 1.54. The summed E-state index contributed by atoms with van der Waals surface area (Å²) in [5.41, 5.74) is 34.4. The molecule has 0 unspecified atom stereocenters. The molecule has 22 aromatic carbocycles. The van der Waals surface area contributed by atoms with Gasteiger partial charge < -0.3 is 27.1 Å². The van der Waals surface area contributed by atoms with E-state index in [9.17, 15) is 0 Å². The minimum atomic E-state index is 0.561. The van der Waals surface area contributed by atoms with Crippen LogP contribution in [0.25, 0.3) is 289 Å². The molecule has 0 aliphatic carbocycles. The Bertz CT molecular complexity index is 10500. The molecule has 0 aliphatic heterocycles. The summed E-state index contributed by atoms with van der Waals surface area (Å²) in [5, 5.41) is 13.2. The first-order valence-electron chi connectivity index (χ1n) is 50.7. The van der Waals surface area contributed by atoms with Crippen molar-refractivity contribution in [3.8, 4) is 158 Å². The fraction of sp³-hybridized carbons (Fsp3) is 0. The van der Waals surface area contributed by atoms with Crippen LogP contribution in [0.15, 0.2) is 531 Å². The van der Waals surface area contributed by atoms with Crippen LogP contribution in [0.4, 0.5) is 0 Å². The Morgan fingerprint density at radius 3 is 0.687 bits per heavy atom. The predicted octanol–water partition coefficient (Wildman–Crippen LogP) is 35.9. The molecule has 0 fully saturated rings. The minimum Gasteiger partial charge on any atom is -0.452 e.